The zero-order valence-electron chi connectivity index (χ0n) is 13.7. The first-order valence-electron chi connectivity index (χ1n) is 8.18. The lowest BCUT2D eigenvalue weighted by molar-refractivity contribution is 0.944. The van der Waals surface area contributed by atoms with E-state index in [4.69, 9.17) is 0 Å². The molecule has 0 amide bonds. The summed E-state index contributed by atoms with van der Waals surface area (Å²) in [5, 5.41) is 3.06. The molecule has 0 aliphatic heterocycles. The molecule has 0 unspecified atom stereocenters. The van der Waals surface area contributed by atoms with Crippen molar-refractivity contribution in [2.45, 2.75) is 0 Å². The summed E-state index contributed by atoms with van der Waals surface area (Å²) in [4.78, 5) is 17.9. The van der Waals surface area contributed by atoms with E-state index < -0.39 is 0 Å². The SMILES string of the molecule is Cn1ccc2c3ccccc3n(-c3cccc4cccnc34)c(=O)c21. The molecular weight excluding hydrogens is 310 g/mol. The van der Waals surface area contributed by atoms with Gasteiger partial charge in [0.2, 0.25) is 0 Å². The molecule has 5 aromatic rings. The third kappa shape index (κ3) is 1.88. The highest BCUT2D eigenvalue weighted by Crippen LogP contribution is 2.27. The summed E-state index contributed by atoms with van der Waals surface area (Å²) in [6.45, 7) is 0. The summed E-state index contributed by atoms with van der Waals surface area (Å²) in [6, 6.07) is 19.9. The van der Waals surface area contributed by atoms with Crippen molar-refractivity contribution in [2.24, 2.45) is 7.05 Å². The predicted molar refractivity (Wildman–Crippen MR) is 101 cm³/mol. The summed E-state index contributed by atoms with van der Waals surface area (Å²) in [7, 11) is 1.91. The van der Waals surface area contributed by atoms with Crippen molar-refractivity contribution in [1.29, 1.82) is 0 Å². The van der Waals surface area contributed by atoms with E-state index in [9.17, 15) is 4.79 Å². The smallest absolute Gasteiger partial charge is 0.280 e. The van der Waals surface area contributed by atoms with Crippen LogP contribution < -0.4 is 5.56 Å². The molecule has 0 atom stereocenters. The van der Waals surface area contributed by atoms with Gasteiger partial charge in [-0.15, -0.1) is 0 Å². The number of para-hydroxylation sites is 2. The Bertz CT molecular complexity index is 1320. The van der Waals surface area contributed by atoms with E-state index in [1.165, 1.54) is 0 Å². The Morgan fingerprint density at radius 1 is 0.880 bits per heavy atom. The topological polar surface area (TPSA) is 39.8 Å². The number of benzene rings is 2. The Balaban J connectivity index is 2.07. The quantitative estimate of drug-likeness (QED) is 0.467. The zero-order valence-corrected chi connectivity index (χ0v) is 13.7. The van der Waals surface area contributed by atoms with Gasteiger partial charge in [0.1, 0.15) is 5.52 Å². The number of aryl methyl sites for hydroxylation is 1. The van der Waals surface area contributed by atoms with Gasteiger partial charge in [-0.25, -0.2) is 0 Å². The summed E-state index contributed by atoms with van der Waals surface area (Å²) >= 11 is 0. The van der Waals surface area contributed by atoms with Crippen LogP contribution in [0.5, 0.6) is 0 Å². The maximum Gasteiger partial charge on any atom is 0.280 e. The summed E-state index contributed by atoms with van der Waals surface area (Å²) in [6.07, 6.45) is 3.70. The van der Waals surface area contributed by atoms with E-state index in [-0.39, 0.29) is 5.56 Å². The van der Waals surface area contributed by atoms with Crippen molar-refractivity contribution in [3.63, 3.8) is 0 Å². The number of rotatable bonds is 1. The minimum atomic E-state index is -0.0284. The van der Waals surface area contributed by atoms with Crippen LogP contribution in [-0.2, 0) is 7.05 Å². The van der Waals surface area contributed by atoms with Gasteiger partial charge >= 0.3 is 0 Å². The molecule has 4 heteroatoms. The van der Waals surface area contributed by atoms with Crippen LogP contribution in [0, 0.1) is 0 Å². The van der Waals surface area contributed by atoms with Gasteiger partial charge in [-0.3, -0.25) is 14.3 Å². The molecule has 5 rings (SSSR count). The summed E-state index contributed by atoms with van der Waals surface area (Å²) < 4.78 is 3.67. The van der Waals surface area contributed by atoms with Gasteiger partial charge in [0.25, 0.3) is 5.56 Å². The van der Waals surface area contributed by atoms with Crippen LogP contribution in [0.2, 0.25) is 0 Å². The number of hydrogen-bond donors (Lipinski definition) is 0. The van der Waals surface area contributed by atoms with Crippen LogP contribution >= 0.6 is 0 Å². The number of fused-ring (bicyclic) bond motifs is 4. The molecule has 0 radical (unpaired) electrons. The van der Waals surface area contributed by atoms with Crippen molar-refractivity contribution in [2.75, 3.05) is 0 Å². The second-order valence-electron chi connectivity index (χ2n) is 6.20. The molecule has 2 aromatic carbocycles. The Kier molecular flexibility index (Phi) is 2.82. The molecule has 0 fully saturated rings. The van der Waals surface area contributed by atoms with Gasteiger partial charge in [0.05, 0.1) is 16.7 Å². The van der Waals surface area contributed by atoms with Crippen molar-refractivity contribution >= 4 is 32.7 Å². The van der Waals surface area contributed by atoms with Gasteiger partial charge in [-0.05, 0) is 24.3 Å². The van der Waals surface area contributed by atoms with E-state index in [2.05, 4.69) is 11.1 Å². The molecule has 0 spiro atoms. The average Bonchev–Trinajstić information content (AvgIpc) is 3.04. The van der Waals surface area contributed by atoms with Crippen LogP contribution in [-0.4, -0.2) is 14.1 Å². The van der Waals surface area contributed by atoms with Crippen molar-refractivity contribution in [3.05, 3.63) is 83.4 Å². The van der Waals surface area contributed by atoms with Crippen LogP contribution in [0.1, 0.15) is 0 Å². The van der Waals surface area contributed by atoms with E-state index in [0.717, 1.165) is 32.9 Å². The Morgan fingerprint density at radius 3 is 2.64 bits per heavy atom. The Labute approximate surface area is 143 Å². The number of pyridine rings is 2. The van der Waals surface area contributed by atoms with Crippen LogP contribution in [0.15, 0.2) is 77.9 Å². The molecule has 0 aliphatic carbocycles. The first-order valence-corrected chi connectivity index (χ1v) is 8.18. The summed E-state index contributed by atoms with van der Waals surface area (Å²) in [5.41, 5.74) is 3.20. The standard InChI is InChI=1S/C21H15N3O/c1-23-13-11-16-15-8-2-3-9-17(15)24(21(25)20(16)23)18-10-4-6-14-7-5-12-22-19(14)18/h2-13H,1H3. The van der Waals surface area contributed by atoms with Gasteiger partial charge in [-0.2, -0.15) is 0 Å². The van der Waals surface area contributed by atoms with Crippen LogP contribution in [0.25, 0.3) is 38.4 Å². The fourth-order valence-corrected chi connectivity index (χ4v) is 3.63. The molecule has 0 saturated heterocycles. The molecule has 25 heavy (non-hydrogen) atoms. The number of aromatic nitrogens is 3. The molecule has 0 aliphatic rings. The largest absolute Gasteiger partial charge is 0.346 e. The molecule has 0 bridgehead atoms. The maximum atomic E-state index is 13.4. The lowest BCUT2D eigenvalue weighted by atomic mass is 10.1. The first-order chi connectivity index (χ1) is 12.3. The highest BCUT2D eigenvalue weighted by Gasteiger charge is 2.16. The minimum Gasteiger partial charge on any atom is -0.346 e. The van der Waals surface area contributed by atoms with Gasteiger partial charge in [0, 0.05) is 35.6 Å². The highest BCUT2D eigenvalue weighted by molar-refractivity contribution is 6.06. The van der Waals surface area contributed by atoms with Gasteiger partial charge in [-0.1, -0.05) is 36.4 Å². The third-order valence-corrected chi connectivity index (χ3v) is 4.77. The molecule has 3 heterocycles. The molecule has 120 valence electrons. The number of nitrogens with zero attached hydrogens (tertiary/aromatic N) is 3. The molecule has 3 aromatic heterocycles. The first kappa shape index (κ1) is 14.0. The lowest BCUT2D eigenvalue weighted by Crippen LogP contribution is -2.21. The Hall–Kier alpha value is -3.40. The van der Waals surface area contributed by atoms with E-state index >= 15 is 0 Å². The van der Waals surface area contributed by atoms with E-state index in [1.807, 2.05) is 72.4 Å². The van der Waals surface area contributed by atoms with Gasteiger partial charge in [0.15, 0.2) is 0 Å². The molecule has 0 N–H and O–H groups in total. The van der Waals surface area contributed by atoms with E-state index in [1.54, 1.807) is 10.8 Å². The fourth-order valence-electron chi connectivity index (χ4n) is 3.63. The minimum absolute atomic E-state index is 0.0284. The van der Waals surface area contributed by atoms with Gasteiger partial charge < -0.3 is 4.57 Å². The van der Waals surface area contributed by atoms with E-state index in [0.29, 0.717) is 5.52 Å². The zero-order chi connectivity index (χ0) is 17.0. The fraction of sp³-hybridized carbons (Fsp3) is 0.0476. The molecule has 0 saturated carbocycles. The van der Waals surface area contributed by atoms with Crippen LogP contribution in [0.4, 0.5) is 0 Å². The van der Waals surface area contributed by atoms with Crippen molar-refractivity contribution in [1.82, 2.24) is 14.1 Å². The number of hydrogen-bond acceptors (Lipinski definition) is 2. The Morgan fingerprint density at radius 2 is 1.72 bits per heavy atom. The maximum absolute atomic E-state index is 13.4. The monoisotopic (exact) mass is 325 g/mol. The van der Waals surface area contributed by atoms with Crippen molar-refractivity contribution < 1.29 is 0 Å². The second-order valence-corrected chi connectivity index (χ2v) is 6.20. The molecular formula is C21H15N3O. The van der Waals surface area contributed by atoms with Crippen LogP contribution in [0.3, 0.4) is 0 Å². The normalized spacial score (nSPS) is 11.6. The lowest BCUT2D eigenvalue weighted by Gasteiger charge is -2.14. The third-order valence-electron chi connectivity index (χ3n) is 4.77. The molecule has 4 nitrogen and oxygen atoms in total. The highest BCUT2D eigenvalue weighted by atomic mass is 16.1. The predicted octanol–water partition coefficient (Wildman–Crippen LogP) is 4.03. The average molecular weight is 325 g/mol. The summed E-state index contributed by atoms with van der Waals surface area (Å²) in [5.74, 6) is 0. The van der Waals surface area contributed by atoms with Crippen molar-refractivity contribution in [3.8, 4) is 5.69 Å². The second kappa shape index (κ2) is 5.05.